The van der Waals surface area contributed by atoms with Crippen molar-refractivity contribution in [1.82, 2.24) is 4.98 Å². The highest BCUT2D eigenvalue weighted by atomic mass is 16.1. The van der Waals surface area contributed by atoms with Crippen LogP contribution in [0.25, 0.3) is 0 Å². The molecule has 4 nitrogen and oxygen atoms in total. The summed E-state index contributed by atoms with van der Waals surface area (Å²) < 4.78 is 0. The zero-order valence-corrected chi connectivity index (χ0v) is 13.6. The third-order valence-electron chi connectivity index (χ3n) is 4.32. The summed E-state index contributed by atoms with van der Waals surface area (Å²) in [6.07, 6.45) is 5.91. The third-order valence-corrected chi connectivity index (χ3v) is 4.32. The topological polar surface area (TPSA) is 45.2 Å². The van der Waals surface area contributed by atoms with Crippen LogP contribution in [0.2, 0.25) is 0 Å². The van der Waals surface area contributed by atoms with Crippen molar-refractivity contribution >= 4 is 17.4 Å². The maximum absolute atomic E-state index is 12.2. The van der Waals surface area contributed by atoms with Gasteiger partial charge in [0.25, 0.3) is 0 Å². The van der Waals surface area contributed by atoms with Gasteiger partial charge in [-0.2, -0.15) is 0 Å². The Morgan fingerprint density at radius 3 is 2.61 bits per heavy atom. The lowest BCUT2D eigenvalue weighted by molar-refractivity contribution is -0.115. The number of pyridine rings is 1. The molecule has 1 fully saturated rings. The van der Waals surface area contributed by atoms with Gasteiger partial charge in [0.2, 0.25) is 5.91 Å². The van der Waals surface area contributed by atoms with Crippen LogP contribution in [0.1, 0.15) is 30.4 Å². The molecule has 0 saturated carbocycles. The summed E-state index contributed by atoms with van der Waals surface area (Å²) in [5, 5.41) is 2.93. The largest absolute Gasteiger partial charge is 0.357 e. The number of aromatic nitrogens is 1. The average Bonchev–Trinajstić information content (AvgIpc) is 2.58. The number of benzene rings is 1. The molecule has 2 heterocycles. The Balaban J connectivity index is 1.59. The molecule has 23 heavy (non-hydrogen) atoms. The molecule has 0 radical (unpaired) electrons. The Kier molecular flexibility index (Phi) is 4.91. The highest BCUT2D eigenvalue weighted by Crippen LogP contribution is 2.19. The van der Waals surface area contributed by atoms with Gasteiger partial charge in [-0.1, -0.05) is 24.3 Å². The normalized spacial score (nSPS) is 14.6. The van der Waals surface area contributed by atoms with Crippen LogP contribution >= 0.6 is 0 Å². The van der Waals surface area contributed by atoms with Gasteiger partial charge in [0.1, 0.15) is 5.82 Å². The quantitative estimate of drug-likeness (QED) is 0.939. The van der Waals surface area contributed by atoms with Crippen molar-refractivity contribution < 1.29 is 4.79 Å². The second-order valence-corrected chi connectivity index (χ2v) is 6.10. The predicted molar refractivity (Wildman–Crippen MR) is 93.8 cm³/mol. The number of hydrogen-bond donors (Lipinski definition) is 1. The second kappa shape index (κ2) is 7.27. The van der Waals surface area contributed by atoms with Crippen LogP contribution < -0.4 is 10.2 Å². The van der Waals surface area contributed by atoms with E-state index >= 15 is 0 Å². The molecule has 3 rings (SSSR count). The van der Waals surface area contributed by atoms with E-state index in [4.69, 9.17) is 0 Å². The average molecular weight is 309 g/mol. The summed E-state index contributed by atoms with van der Waals surface area (Å²) in [6.45, 7) is 4.18. The van der Waals surface area contributed by atoms with E-state index < -0.39 is 0 Å². The minimum Gasteiger partial charge on any atom is -0.357 e. The zero-order chi connectivity index (χ0) is 16.1. The molecule has 1 amide bonds. The predicted octanol–water partition coefficient (Wildman–Crippen LogP) is 3.56. The number of piperidine rings is 1. The zero-order valence-electron chi connectivity index (χ0n) is 13.6. The first kappa shape index (κ1) is 15.5. The van der Waals surface area contributed by atoms with E-state index in [0.29, 0.717) is 6.42 Å². The van der Waals surface area contributed by atoms with Crippen molar-refractivity contribution in [3.05, 3.63) is 53.7 Å². The van der Waals surface area contributed by atoms with E-state index in [1.165, 1.54) is 19.3 Å². The Hall–Kier alpha value is -2.36. The standard InChI is InChI=1S/C19H23N3O/c1-15-7-3-4-8-16(15)13-19(23)21-17-9-10-18(20-14-17)22-11-5-2-6-12-22/h3-4,7-10,14H,2,5-6,11-13H2,1H3,(H,21,23). The minimum absolute atomic E-state index is 0.00757. The van der Waals surface area contributed by atoms with Crippen molar-refractivity contribution in [3.63, 3.8) is 0 Å². The lowest BCUT2D eigenvalue weighted by atomic mass is 10.1. The SMILES string of the molecule is Cc1ccccc1CC(=O)Nc1ccc(N2CCCCC2)nc1. The molecule has 0 atom stereocenters. The molecule has 1 aliphatic heterocycles. The summed E-state index contributed by atoms with van der Waals surface area (Å²) in [5.41, 5.74) is 2.95. The molecule has 1 aromatic carbocycles. The molecule has 1 aliphatic rings. The first-order valence-electron chi connectivity index (χ1n) is 8.28. The van der Waals surface area contributed by atoms with Gasteiger partial charge in [0.05, 0.1) is 18.3 Å². The number of rotatable bonds is 4. The molecular formula is C19H23N3O. The summed E-state index contributed by atoms with van der Waals surface area (Å²) in [7, 11) is 0. The maximum Gasteiger partial charge on any atom is 0.228 e. The van der Waals surface area contributed by atoms with Crippen LogP contribution in [-0.4, -0.2) is 24.0 Å². The lowest BCUT2D eigenvalue weighted by Gasteiger charge is -2.27. The molecule has 0 spiro atoms. The monoisotopic (exact) mass is 309 g/mol. The van der Waals surface area contributed by atoms with Crippen molar-refractivity contribution in [2.45, 2.75) is 32.6 Å². The van der Waals surface area contributed by atoms with Crippen molar-refractivity contribution in [3.8, 4) is 0 Å². The van der Waals surface area contributed by atoms with Crippen LogP contribution in [0.3, 0.4) is 0 Å². The molecule has 0 aliphatic carbocycles. The Bertz CT molecular complexity index is 661. The number of carbonyl (C=O) groups excluding carboxylic acids is 1. The number of nitrogens with zero attached hydrogens (tertiary/aromatic N) is 2. The smallest absolute Gasteiger partial charge is 0.228 e. The second-order valence-electron chi connectivity index (χ2n) is 6.10. The van der Waals surface area contributed by atoms with Crippen LogP contribution in [0, 0.1) is 6.92 Å². The van der Waals surface area contributed by atoms with Crippen molar-refractivity contribution in [2.75, 3.05) is 23.3 Å². The molecular weight excluding hydrogens is 286 g/mol. The Labute approximate surface area is 137 Å². The van der Waals surface area contributed by atoms with Crippen molar-refractivity contribution in [2.24, 2.45) is 0 Å². The fourth-order valence-corrected chi connectivity index (χ4v) is 2.96. The van der Waals surface area contributed by atoms with Crippen LogP contribution in [-0.2, 0) is 11.2 Å². The fraction of sp³-hybridized carbons (Fsp3) is 0.368. The molecule has 1 aromatic heterocycles. The molecule has 2 aromatic rings. The van der Waals surface area contributed by atoms with Gasteiger partial charge in [-0.3, -0.25) is 4.79 Å². The highest BCUT2D eigenvalue weighted by molar-refractivity contribution is 5.92. The van der Waals surface area contributed by atoms with Crippen LogP contribution in [0.5, 0.6) is 0 Å². The first-order valence-corrected chi connectivity index (χ1v) is 8.28. The van der Waals surface area contributed by atoms with Gasteiger partial charge in [0, 0.05) is 13.1 Å². The van der Waals surface area contributed by atoms with Gasteiger partial charge in [0.15, 0.2) is 0 Å². The summed E-state index contributed by atoms with van der Waals surface area (Å²) >= 11 is 0. The Morgan fingerprint density at radius 1 is 1.13 bits per heavy atom. The third kappa shape index (κ3) is 4.09. The maximum atomic E-state index is 12.2. The fourth-order valence-electron chi connectivity index (χ4n) is 2.96. The lowest BCUT2D eigenvalue weighted by Crippen LogP contribution is -2.30. The molecule has 0 bridgehead atoms. The number of carbonyl (C=O) groups is 1. The molecule has 1 saturated heterocycles. The van der Waals surface area contributed by atoms with Gasteiger partial charge < -0.3 is 10.2 Å². The van der Waals surface area contributed by atoms with Gasteiger partial charge in [-0.05, 0) is 49.4 Å². The van der Waals surface area contributed by atoms with E-state index in [1.807, 2.05) is 43.3 Å². The van der Waals surface area contributed by atoms with E-state index in [2.05, 4.69) is 15.2 Å². The van der Waals surface area contributed by atoms with E-state index in [1.54, 1.807) is 6.20 Å². The minimum atomic E-state index is -0.00757. The van der Waals surface area contributed by atoms with E-state index in [0.717, 1.165) is 35.7 Å². The number of nitrogens with one attached hydrogen (secondary N) is 1. The first-order chi connectivity index (χ1) is 11.2. The summed E-state index contributed by atoms with van der Waals surface area (Å²) in [6, 6.07) is 11.9. The van der Waals surface area contributed by atoms with Crippen LogP contribution in [0.15, 0.2) is 42.6 Å². The van der Waals surface area contributed by atoms with Crippen molar-refractivity contribution in [1.29, 1.82) is 0 Å². The van der Waals surface area contributed by atoms with Crippen LogP contribution in [0.4, 0.5) is 11.5 Å². The van der Waals surface area contributed by atoms with Gasteiger partial charge in [-0.15, -0.1) is 0 Å². The van der Waals surface area contributed by atoms with E-state index in [-0.39, 0.29) is 5.91 Å². The molecule has 120 valence electrons. The summed E-state index contributed by atoms with van der Waals surface area (Å²) in [5.74, 6) is 0.994. The van der Waals surface area contributed by atoms with Gasteiger partial charge in [-0.25, -0.2) is 4.98 Å². The summed E-state index contributed by atoms with van der Waals surface area (Å²) in [4.78, 5) is 19.0. The Morgan fingerprint density at radius 2 is 1.91 bits per heavy atom. The number of aryl methyl sites for hydroxylation is 1. The number of anilines is 2. The molecule has 4 heteroatoms. The highest BCUT2D eigenvalue weighted by Gasteiger charge is 2.12. The molecule has 0 unspecified atom stereocenters. The molecule has 1 N–H and O–H groups in total. The number of amides is 1. The van der Waals surface area contributed by atoms with E-state index in [9.17, 15) is 4.79 Å². The van der Waals surface area contributed by atoms with Gasteiger partial charge >= 0.3 is 0 Å². The number of hydrogen-bond acceptors (Lipinski definition) is 3.